The minimum atomic E-state index is 0.841. The molecule has 5 aromatic rings. The van der Waals surface area contributed by atoms with E-state index >= 15 is 0 Å². The molecule has 0 saturated carbocycles. The Morgan fingerprint density at radius 3 is 2.00 bits per heavy atom. The fraction of sp³-hybridized carbons (Fsp3) is 0. The van der Waals surface area contributed by atoms with Crippen LogP contribution in [0.5, 0.6) is 11.5 Å². The van der Waals surface area contributed by atoms with Crippen LogP contribution in [0.4, 0.5) is 11.4 Å². The van der Waals surface area contributed by atoms with Gasteiger partial charge in [0.15, 0.2) is 11.5 Å². The third kappa shape index (κ3) is 2.09. The van der Waals surface area contributed by atoms with Crippen molar-refractivity contribution in [2.24, 2.45) is 0 Å². The topological polar surface area (TPSA) is 26.2 Å². The predicted molar refractivity (Wildman–Crippen MR) is 111 cm³/mol. The molecule has 27 heavy (non-hydrogen) atoms. The van der Waals surface area contributed by atoms with Crippen molar-refractivity contribution in [3.8, 4) is 17.2 Å². The van der Waals surface area contributed by atoms with E-state index in [2.05, 4.69) is 76.6 Å². The van der Waals surface area contributed by atoms with E-state index in [1.54, 1.807) is 0 Å². The maximum absolute atomic E-state index is 6.16. The number of hydrogen-bond acceptors (Lipinski definition) is 2. The number of ether oxygens (including phenoxy) is 1. The van der Waals surface area contributed by atoms with Gasteiger partial charge in [-0.25, -0.2) is 0 Å². The number of rotatable bonds is 1. The van der Waals surface area contributed by atoms with Gasteiger partial charge >= 0.3 is 0 Å². The van der Waals surface area contributed by atoms with E-state index in [4.69, 9.17) is 4.74 Å². The second-order valence-electron chi connectivity index (χ2n) is 6.77. The number of nitrogens with zero attached hydrogens (tertiary/aromatic N) is 1. The molecule has 0 aliphatic carbocycles. The minimum absolute atomic E-state index is 0.841. The first-order valence-corrected chi connectivity index (χ1v) is 9.05. The summed E-state index contributed by atoms with van der Waals surface area (Å²) < 4.78 is 8.46. The standard InChI is InChI=1S/C24H16N2O/c1-4-10-21-17(7-1)18-8-2-5-11-22(18)26(21)16-13-14-20-24(15-16)27-23-12-6-3-9-19(23)25-20/h1-15,25H. The number of para-hydroxylation sites is 4. The molecule has 1 aliphatic heterocycles. The lowest BCUT2D eigenvalue weighted by atomic mass is 10.2. The summed E-state index contributed by atoms with van der Waals surface area (Å²) in [5.41, 5.74) is 5.46. The fourth-order valence-corrected chi connectivity index (χ4v) is 3.96. The molecule has 0 unspecified atom stereocenters. The maximum Gasteiger partial charge on any atom is 0.153 e. The van der Waals surface area contributed by atoms with Crippen molar-refractivity contribution in [2.45, 2.75) is 0 Å². The summed E-state index contributed by atoms with van der Waals surface area (Å²) in [5.74, 6) is 1.69. The Morgan fingerprint density at radius 2 is 1.22 bits per heavy atom. The van der Waals surface area contributed by atoms with Crippen molar-refractivity contribution < 1.29 is 4.74 Å². The zero-order valence-corrected chi connectivity index (χ0v) is 14.5. The van der Waals surface area contributed by atoms with Crippen LogP contribution in [0.3, 0.4) is 0 Å². The molecule has 128 valence electrons. The summed E-state index contributed by atoms with van der Waals surface area (Å²) in [6.07, 6.45) is 0. The molecule has 0 saturated heterocycles. The first kappa shape index (κ1) is 14.4. The van der Waals surface area contributed by atoms with E-state index in [-0.39, 0.29) is 0 Å². The highest BCUT2D eigenvalue weighted by Crippen LogP contribution is 2.43. The van der Waals surface area contributed by atoms with Gasteiger partial charge in [0, 0.05) is 16.8 Å². The van der Waals surface area contributed by atoms with Gasteiger partial charge < -0.3 is 14.6 Å². The van der Waals surface area contributed by atoms with E-state index < -0.39 is 0 Å². The number of nitrogens with one attached hydrogen (secondary N) is 1. The normalized spacial score (nSPS) is 12.3. The molecule has 3 nitrogen and oxygen atoms in total. The lowest BCUT2D eigenvalue weighted by Gasteiger charge is -2.22. The molecule has 0 radical (unpaired) electrons. The van der Waals surface area contributed by atoms with Gasteiger partial charge in [0.2, 0.25) is 0 Å². The third-order valence-electron chi connectivity index (χ3n) is 5.18. The summed E-state index contributed by atoms with van der Waals surface area (Å²) in [5, 5.41) is 5.97. The van der Waals surface area contributed by atoms with Gasteiger partial charge in [0.05, 0.1) is 28.1 Å². The third-order valence-corrected chi connectivity index (χ3v) is 5.18. The lowest BCUT2D eigenvalue weighted by molar-refractivity contribution is 0.481. The van der Waals surface area contributed by atoms with E-state index in [9.17, 15) is 0 Å². The average molecular weight is 348 g/mol. The van der Waals surface area contributed by atoms with Gasteiger partial charge in [-0.15, -0.1) is 0 Å². The molecule has 0 bridgehead atoms. The van der Waals surface area contributed by atoms with Crippen LogP contribution in [-0.2, 0) is 0 Å². The largest absolute Gasteiger partial charge is 0.453 e. The Labute approximate surface area is 156 Å². The molecule has 0 atom stereocenters. The van der Waals surface area contributed by atoms with Crippen LogP contribution in [0.1, 0.15) is 0 Å². The van der Waals surface area contributed by atoms with Crippen LogP contribution in [0, 0.1) is 0 Å². The van der Waals surface area contributed by atoms with Crippen molar-refractivity contribution in [1.82, 2.24) is 4.57 Å². The Bertz CT molecular complexity index is 1280. The van der Waals surface area contributed by atoms with Crippen molar-refractivity contribution in [2.75, 3.05) is 5.32 Å². The Kier molecular flexibility index (Phi) is 2.88. The average Bonchev–Trinajstić information content (AvgIpc) is 3.06. The highest BCUT2D eigenvalue weighted by atomic mass is 16.5. The molecule has 1 aromatic heterocycles. The van der Waals surface area contributed by atoms with Crippen LogP contribution in [0.15, 0.2) is 91.0 Å². The van der Waals surface area contributed by atoms with Crippen LogP contribution in [0.2, 0.25) is 0 Å². The van der Waals surface area contributed by atoms with E-state index in [1.807, 2.05) is 24.3 Å². The lowest BCUT2D eigenvalue weighted by Crippen LogP contribution is -2.03. The smallest absolute Gasteiger partial charge is 0.153 e. The number of anilines is 2. The summed E-state index contributed by atoms with van der Waals surface area (Å²) in [4.78, 5) is 0. The zero-order valence-electron chi connectivity index (χ0n) is 14.5. The van der Waals surface area contributed by atoms with E-state index in [0.29, 0.717) is 0 Å². The first-order chi connectivity index (χ1) is 13.4. The van der Waals surface area contributed by atoms with E-state index in [1.165, 1.54) is 21.8 Å². The van der Waals surface area contributed by atoms with Gasteiger partial charge in [-0.1, -0.05) is 48.5 Å². The number of benzene rings is 4. The molecular weight excluding hydrogens is 332 g/mol. The highest BCUT2D eigenvalue weighted by molar-refractivity contribution is 6.09. The second-order valence-corrected chi connectivity index (χ2v) is 6.77. The summed E-state index contributed by atoms with van der Waals surface area (Å²) >= 11 is 0. The molecule has 4 aromatic carbocycles. The molecule has 3 heteroatoms. The van der Waals surface area contributed by atoms with Gasteiger partial charge in [-0.3, -0.25) is 0 Å². The van der Waals surface area contributed by atoms with Crippen molar-refractivity contribution >= 4 is 33.2 Å². The van der Waals surface area contributed by atoms with Gasteiger partial charge in [0.1, 0.15) is 0 Å². The molecular formula is C24H16N2O. The molecule has 6 rings (SSSR count). The van der Waals surface area contributed by atoms with Crippen LogP contribution in [-0.4, -0.2) is 4.57 Å². The monoisotopic (exact) mass is 348 g/mol. The fourth-order valence-electron chi connectivity index (χ4n) is 3.96. The Balaban J connectivity index is 1.59. The van der Waals surface area contributed by atoms with Gasteiger partial charge in [-0.05, 0) is 36.4 Å². The Hall–Kier alpha value is -3.72. The summed E-state index contributed by atoms with van der Waals surface area (Å²) in [6, 6.07) is 31.4. The molecule has 1 aliphatic rings. The molecule has 1 N–H and O–H groups in total. The summed E-state index contributed by atoms with van der Waals surface area (Å²) in [6.45, 7) is 0. The quantitative estimate of drug-likeness (QED) is 0.361. The summed E-state index contributed by atoms with van der Waals surface area (Å²) in [7, 11) is 0. The van der Waals surface area contributed by atoms with Crippen LogP contribution < -0.4 is 10.1 Å². The highest BCUT2D eigenvalue weighted by Gasteiger charge is 2.18. The van der Waals surface area contributed by atoms with Crippen molar-refractivity contribution in [3.63, 3.8) is 0 Å². The Morgan fingerprint density at radius 1 is 0.593 bits per heavy atom. The molecule has 0 amide bonds. The van der Waals surface area contributed by atoms with Crippen LogP contribution >= 0.6 is 0 Å². The zero-order chi connectivity index (χ0) is 17.8. The number of aromatic nitrogens is 1. The first-order valence-electron chi connectivity index (χ1n) is 9.05. The molecule has 2 heterocycles. The minimum Gasteiger partial charge on any atom is -0.453 e. The van der Waals surface area contributed by atoms with Gasteiger partial charge in [-0.2, -0.15) is 0 Å². The molecule has 0 spiro atoms. The van der Waals surface area contributed by atoms with E-state index in [0.717, 1.165) is 28.6 Å². The SMILES string of the molecule is c1ccc2c(c1)Nc1ccc(-n3c4ccccc4c4ccccc43)cc1O2. The number of fused-ring (bicyclic) bond motifs is 5. The molecule has 0 fully saturated rings. The number of hydrogen-bond donors (Lipinski definition) is 1. The van der Waals surface area contributed by atoms with Crippen molar-refractivity contribution in [3.05, 3.63) is 91.0 Å². The van der Waals surface area contributed by atoms with Crippen molar-refractivity contribution in [1.29, 1.82) is 0 Å². The predicted octanol–water partition coefficient (Wildman–Crippen LogP) is 6.63. The second kappa shape index (κ2) is 5.39. The maximum atomic E-state index is 6.16. The van der Waals surface area contributed by atoms with Gasteiger partial charge in [0.25, 0.3) is 0 Å². The van der Waals surface area contributed by atoms with Crippen LogP contribution in [0.25, 0.3) is 27.5 Å².